The summed E-state index contributed by atoms with van der Waals surface area (Å²) >= 11 is 0. The Labute approximate surface area is 100 Å². The van der Waals surface area contributed by atoms with Crippen molar-refractivity contribution >= 4 is 16.7 Å². The van der Waals surface area contributed by atoms with Crippen LogP contribution in [0.2, 0.25) is 0 Å². The fourth-order valence-electron chi connectivity index (χ4n) is 1.57. The van der Waals surface area contributed by atoms with Crippen molar-refractivity contribution in [2.45, 2.75) is 20.0 Å². The summed E-state index contributed by atoms with van der Waals surface area (Å²) in [5, 5.41) is 0.975. The van der Waals surface area contributed by atoms with E-state index in [9.17, 15) is 4.79 Å². The van der Waals surface area contributed by atoms with Gasteiger partial charge >= 0.3 is 0 Å². The zero-order valence-corrected chi connectivity index (χ0v) is 10.0. The number of aromatic nitrogens is 1. The molecule has 0 atom stereocenters. The molecule has 0 fully saturated rings. The topological polar surface area (TPSA) is 39.2 Å². The van der Waals surface area contributed by atoms with Gasteiger partial charge in [-0.1, -0.05) is 6.07 Å². The van der Waals surface area contributed by atoms with Crippen molar-refractivity contribution < 1.29 is 9.53 Å². The maximum absolute atomic E-state index is 11.8. The molecule has 0 aliphatic carbocycles. The lowest BCUT2D eigenvalue weighted by Gasteiger charge is -2.07. The molecule has 0 aliphatic heterocycles. The monoisotopic (exact) mass is 229 g/mol. The van der Waals surface area contributed by atoms with Crippen molar-refractivity contribution in [3.05, 3.63) is 42.1 Å². The Morgan fingerprint density at radius 3 is 2.94 bits per heavy atom. The predicted molar refractivity (Wildman–Crippen MR) is 67.2 cm³/mol. The van der Waals surface area contributed by atoms with Gasteiger partial charge in [-0.2, -0.15) is 0 Å². The lowest BCUT2D eigenvalue weighted by atomic mass is 10.1. The van der Waals surface area contributed by atoms with Crippen molar-refractivity contribution in [3.8, 4) is 0 Å². The van der Waals surface area contributed by atoms with Crippen LogP contribution in [0.15, 0.2) is 36.5 Å². The lowest BCUT2D eigenvalue weighted by Crippen LogP contribution is -2.13. The molecular formula is C14H15NO2. The average Bonchev–Trinajstić information content (AvgIpc) is 2.35. The van der Waals surface area contributed by atoms with Gasteiger partial charge in [0.25, 0.3) is 0 Å². The van der Waals surface area contributed by atoms with Crippen LogP contribution < -0.4 is 0 Å². The second kappa shape index (κ2) is 5.06. The fourth-order valence-corrected chi connectivity index (χ4v) is 1.57. The molecule has 0 radical (unpaired) electrons. The number of carbonyl (C=O) groups is 1. The number of benzene rings is 1. The number of hydrogen-bond donors (Lipinski definition) is 0. The first kappa shape index (κ1) is 11.7. The van der Waals surface area contributed by atoms with E-state index in [2.05, 4.69) is 4.98 Å². The predicted octanol–water partition coefficient (Wildman–Crippen LogP) is 2.84. The van der Waals surface area contributed by atoms with E-state index in [4.69, 9.17) is 4.74 Å². The molecule has 1 aromatic carbocycles. The van der Waals surface area contributed by atoms with Crippen LogP contribution in [0.5, 0.6) is 0 Å². The van der Waals surface area contributed by atoms with Crippen molar-refractivity contribution in [2.75, 3.05) is 6.61 Å². The number of carbonyl (C=O) groups excluding carboxylic acids is 1. The van der Waals surface area contributed by atoms with Crippen molar-refractivity contribution in [3.63, 3.8) is 0 Å². The van der Waals surface area contributed by atoms with E-state index in [0.717, 1.165) is 10.9 Å². The minimum absolute atomic E-state index is 0.00412. The van der Waals surface area contributed by atoms with Crippen molar-refractivity contribution in [2.24, 2.45) is 0 Å². The zero-order valence-electron chi connectivity index (χ0n) is 10.0. The van der Waals surface area contributed by atoms with Crippen LogP contribution in [0.4, 0.5) is 0 Å². The van der Waals surface area contributed by atoms with E-state index in [0.29, 0.717) is 5.56 Å². The number of ether oxygens (including phenoxy) is 1. The molecule has 3 nitrogen and oxygen atoms in total. The molecule has 0 N–H and O–H groups in total. The number of pyridine rings is 1. The highest BCUT2D eigenvalue weighted by molar-refractivity contribution is 6.00. The van der Waals surface area contributed by atoms with Crippen LogP contribution in [-0.4, -0.2) is 23.5 Å². The van der Waals surface area contributed by atoms with E-state index in [1.54, 1.807) is 12.3 Å². The number of fused-ring (bicyclic) bond motifs is 1. The lowest BCUT2D eigenvalue weighted by molar-refractivity contribution is 0.0585. The molecule has 17 heavy (non-hydrogen) atoms. The quantitative estimate of drug-likeness (QED) is 0.757. The SMILES string of the molecule is CC(C)OCC(=O)c1ccc2ncccc2c1. The van der Waals surface area contributed by atoms with Crippen LogP contribution in [0.1, 0.15) is 24.2 Å². The van der Waals surface area contributed by atoms with E-state index >= 15 is 0 Å². The molecule has 2 aromatic rings. The minimum Gasteiger partial charge on any atom is -0.371 e. The van der Waals surface area contributed by atoms with Gasteiger partial charge in [-0.3, -0.25) is 9.78 Å². The summed E-state index contributed by atoms with van der Waals surface area (Å²) in [5.74, 6) is 0.00412. The third kappa shape index (κ3) is 2.88. The first-order chi connectivity index (χ1) is 8.16. The van der Waals surface area contributed by atoms with Crippen molar-refractivity contribution in [1.82, 2.24) is 4.98 Å². The zero-order chi connectivity index (χ0) is 12.3. The number of ketones is 1. The molecule has 0 amide bonds. The Bertz CT molecular complexity index is 534. The van der Waals surface area contributed by atoms with Crippen LogP contribution in [0.3, 0.4) is 0 Å². The van der Waals surface area contributed by atoms with Gasteiger partial charge in [0.2, 0.25) is 0 Å². The molecule has 0 saturated heterocycles. The second-order valence-corrected chi connectivity index (χ2v) is 4.19. The summed E-state index contributed by atoms with van der Waals surface area (Å²) in [5.41, 5.74) is 1.57. The largest absolute Gasteiger partial charge is 0.371 e. The fraction of sp³-hybridized carbons (Fsp3) is 0.286. The molecule has 0 spiro atoms. The van der Waals surface area contributed by atoms with Crippen LogP contribution in [0.25, 0.3) is 10.9 Å². The van der Waals surface area contributed by atoms with Crippen LogP contribution >= 0.6 is 0 Å². The molecule has 3 heteroatoms. The average molecular weight is 229 g/mol. The van der Waals surface area contributed by atoms with Gasteiger partial charge in [-0.15, -0.1) is 0 Å². The Kier molecular flexibility index (Phi) is 3.49. The van der Waals surface area contributed by atoms with Gasteiger partial charge in [-0.05, 0) is 38.1 Å². The van der Waals surface area contributed by atoms with Gasteiger partial charge in [0.05, 0.1) is 11.6 Å². The second-order valence-electron chi connectivity index (χ2n) is 4.19. The summed E-state index contributed by atoms with van der Waals surface area (Å²) in [6.45, 7) is 3.96. The van der Waals surface area contributed by atoms with Crippen molar-refractivity contribution in [1.29, 1.82) is 0 Å². The molecule has 0 bridgehead atoms. The summed E-state index contributed by atoms with van der Waals surface area (Å²) in [6, 6.07) is 9.32. The molecule has 0 saturated carbocycles. The molecule has 1 aromatic heterocycles. The van der Waals surface area contributed by atoms with Crippen LogP contribution in [0, 0.1) is 0 Å². The smallest absolute Gasteiger partial charge is 0.188 e. The van der Waals surface area contributed by atoms with E-state index in [1.807, 2.05) is 38.1 Å². The van der Waals surface area contributed by atoms with Gasteiger partial charge < -0.3 is 4.74 Å². The third-order valence-corrected chi connectivity index (χ3v) is 2.47. The summed E-state index contributed by atoms with van der Waals surface area (Å²) in [4.78, 5) is 16.1. The Hall–Kier alpha value is -1.74. The molecular weight excluding hydrogens is 214 g/mol. The molecule has 0 unspecified atom stereocenters. The van der Waals surface area contributed by atoms with Gasteiger partial charge in [0, 0.05) is 17.1 Å². The molecule has 88 valence electrons. The number of Topliss-reactive ketones (excluding diaryl/α,β-unsaturated/α-hetero) is 1. The number of hydrogen-bond acceptors (Lipinski definition) is 3. The first-order valence-electron chi connectivity index (χ1n) is 5.66. The highest BCUT2D eigenvalue weighted by Crippen LogP contribution is 2.13. The number of nitrogens with zero attached hydrogens (tertiary/aromatic N) is 1. The highest BCUT2D eigenvalue weighted by Gasteiger charge is 2.07. The summed E-state index contributed by atoms with van der Waals surface area (Å²) in [7, 11) is 0. The van der Waals surface area contributed by atoms with E-state index < -0.39 is 0 Å². The summed E-state index contributed by atoms with van der Waals surface area (Å²) in [6.07, 6.45) is 1.81. The van der Waals surface area contributed by atoms with E-state index in [1.165, 1.54) is 0 Å². The Morgan fingerprint density at radius 1 is 1.35 bits per heavy atom. The minimum atomic E-state index is 0.00412. The molecule has 1 heterocycles. The molecule has 2 rings (SSSR count). The van der Waals surface area contributed by atoms with Gasteiger partial charge in [0.1, 0.15) is 6.61 Å². The molecule has 0 aliphatic rings. The first-order valence-corrected chi connectivity index (χ1v) is 5.66. The normalized spacial score (nSPS) is 11.0. The van der Waals surface area contributed by atoms with Gasteiger partial charge in [-0.25, -0.2) is 0 Å². The maximum Gasteiger partial charge on any atom is 0.188 e. The van der Waals surface area contributed by atoms with Gasteiger partial charge in [0.15, 0.2) is 5.78 Å². The maximum atomic E-state index is 11.8. The third-order valence-electron chi connectivity index (χ3n) is 2.47. The Balaban J connectivity index is 2.21. The standard InChI is InChI=1S/C14H15NO2/c1-10(2)17-9-14(16)12-5-6-13-11(8-12)4-3-7-15-13/h3-8,10H,9H2,1-2H3. The Morgan fingerprint density at radius 2 is 2.18 bits per heavy atom. The van der Waals surface area contributed by atoms with E-state index in [-0.39, 0.29) is 18.5 Å². The highest BCUT2D eigenvalue weighted by atomic mass is 16.5. The summed E-state index contributed by atoms with van der Waals surface area (Å²) < 4.78 is 5.30. The number of rotatable bonds is 4. The van der Waals surface area contributed by atoms with Crippen LogP contribution in [-0.2, 0) is 4.74 Å².